The Morgan fingerprint density at radius 1 is 1.08 bits per heavy atom. The highest BCUT2D eigenvalue weighted by molar-refractivity contribution is 7.98. The summed E-state index contributed by atoms with van der Waals surface area (Å²) in [6, 6.07) is 14.1. The molecule has 0 aliphatic carbocycles. The SMILES string of the molecule is CC(C)(C)c1ccc(NC(=O)c2sccc2SCc2ccncc2)cc1. The lowest BCUT2D eigenvalue weighted by Gasteiger charge is -2.19. The summed E-state index contributed by atoms with van der Waals surface area (Å²) in [5.74, 6) is 0.764. The lowest BCUT2D eigenvalue weighted by molar-refractivity contribution is 0.102. The van der Waals surface area contributed by atoms with Gasteiger partial charge in [-0.15, -0.1) is 23.1 Å². The molecule has 0 unspecified atom stereocenters. The highest BCUT2D eigenvalue weighted by Gasteiger charge is 2.16. The summed E-state index contributed by atoms with van der Waals surface area (Å²) in [4.78, 5) is 18.5. The Morgan fingerprint density at radius 3 is 2.42 bits per heavy atom. The molecule has 0 fully saturated rings. The van der Waals surface area contributed by atoms with Gasteiger partial charge in [-0.05, 0) is 52.3 Å². The van der Waals surface area contributed by atoms with E-state index in [0.717, 1.165) is 21.2 Å². The van der Waals surface area contributed by atoms with E-state index in [9.17, 15) is 4.79 Å². The van der Waals surface area contributed by atoms with Crippen LogP contribution in [0.2, 0.25) is 0 Å². The van der Waals surface area contributed by atoms with E-state index in [0.29, 0.717) is 0 Å². The quantitative estimate of drug-likeness (QED) is 0.552. The van der Waals surface area contributed by atoms with Crippen molar-refractivity contribution in [3.05, 3.63) is 76.2 Å². The first-order valence-electron chi connectivity index (χ1n) is 8.44. The van der Waals surface area contributed by atoms with Gasteiger partial charge in [0.1, 0.15) is 4.88 Å². The van der Waals surface area contributed by atoms with Crippen LogP contribution in [0.4, 0.5) is 5.69 Å². The summed E-state index contributed by atoms with van der Waals surface area (Å²) in [6.07, 6.45) is 3.58. The molecule has 0 bridgehead atoms. The van der Waals surface area contributed by atoms with Crippen molar-refractivity contribution in [2.75, 3.05) is 5.32 Å². The van der Waals surface area contributed by atoms with E-state index in [-0.39, 0.29) is 11.3 Å². The molecule has 0 aliphatic rings. The first-order valence-corrected chi connectivity index (χ1v) is 10.3. The van der Waals surface area contributed by atoms with Crippen molar-refractivity contribution >= 4 is 34.7 Å². The molecule has 2 aromatic heterocycles. The third-order valence-electron chi connectivity index (χ3n) is 3.99. The van der Waals surface area contributed by atoms with Crippen LogP contribution >= 0.6 is 23.1 Å². The monoisotopic (exact) mass is 382 g/mol. The Kier molecular flexibility index (Phi) is 5.79. The molecular formula is C21H22N2OS2. The normalized spacial score (nSPS) is 11.3. The molecule has 0 saturated heterocycles. The van der Waals surface area contributed by atoms with Crippen LogP contribution in [-0.4, -0.2) is 10.9 Å². The van der Waals surface area contributed by atoms with E-state index in [1.807, 2.05) is 35.7 Å². The van der Waals surface area contributed by atoms with Gasteiger partial charge in [-0.1, -0.05) is 32.9 Å². The second-order valence-corrected chi connectivity index (χ2v) is 8.97. The number of hydrogen-bond donors (Lipinski definition) is 1. The Bertz CT molecular complexity index is 865. The molecule has 0 saturated carbocycles. The van der Waals surface area contributed by atoms with Gasteiger partial charge < -0.3 is 5.32 Å². The molecule has 0 spiro atoms. The fourth-order valence-corrected chi connectivity index (χ4v) is 4.45. The van der Waals surface area contributed by atoms with Crippen molar-refractivity contribution < 1.29 is 4.79 Å². The van der Waals surface area contributed by atoms with Crippen LogP contribution in [0.3, 0.4) is 0 Å². The summed E-state index contributed by atoms with van der Waals surface area (Å²) >= 11 is 3.15. The lowest BCUT2D eigenvalue weighted by atomic mass is 9.87. The van der Waals surface area contributed by atoms with Crippen molar-refractivity contribution in [2.24, 2.45) is 0 Å². The van der Waals surface area contributed by atoms with Gasteiger partial charge in [0.05, 0.1) is 0 Å². The topological polar surface area (TPSA) is 42.0 Å². The zero-order chi connectivity index (χ0) is 18.6. The number of carbonyl (C=O) groups is 1. The van der Waals surface area contributed by atoms with Gasteiger partial charge in [-0.3, -0.25) is 9.78 Å². The van der Waals surface area contributed by atoms with Gasteiger partial charge in [-0.2, -0.15) is 0 Å². The maximum absolute atomic E-state index is 12.7. The molecule has 1 aromatic carbocycles. The second-order valence-electron chi connectivity index (χ2n) is 7.04. The number of thiophene rings is 1. The molecule has 0 radical (unpaired) electrons. The van der Waals surface area contributed by atoms with Gasteiger partial charge >= 0.3 is 0 Å². The second kappa shape index (κ2) is 8.06. The van der Waals surface area contributed by atoms with Crippen molar-refractivity contribution in [1.82, 2.24) is 4.98 Å². The maximum atomic E-state index is 12.7. The number of thioether (sulfide) groups is 1. The highest BCUT2D eigenvalue weighted by atomic mass is 32.2. The van der Waals surface area contributed by atoms with Crippen LogP contribution in [-0.2, 0) is 11.2 Å². The maximum Gasteiger partial charge on any atom is 0.266 e. The summed E-state index contributed by atoms with van der Waals surface area (Å²) in [6.45, 7) is 6.54. The zero-order valence-corrected chi connectivity index (χ0v) is 16.8. The molecule has 0 atom stereocenters. The first kappa shape index (κ1) is 18.7. The summed E-state index contributed by atoms with van der Waals surface area (Å²) in [5, 5.41) is 4.97. The van der Waals surface area contributed by atoms with Crippen molar-refractivity contribution in [2.45, 2.75) is 36.8 Å². The summed E-state index contributed by atoms with van der Waals surface area (Å²) in [5.41, 5.74) is 3.37. The van der Waals surface area contributed by atoms with Gasteiger partial charge in [0.2, 0.25) is 0 Å². The molecule has 2 heterocycles. The number of pyridine rings is 1. The number of hydrogen-bond acceptors (Lipinski definition) is 4. The summed E-state index contributed by atoms with van der Waals surface area (Å²) in [7, 11) is 0. The molecule has 3 rings (SSSR count). The first-order chi connectivity index (χ1) is 12.4. The van der Waals surface area contributed by atoms with E-state index in [1.54, 1.807) is 24.2 Å². The van der Waals surface area contributed by atoms with E-state index >= 15 is 0 Å². The molecule has 3 nitrogen and oxygen atoms in total. The molecule has 1 N–H and O–H groups in total. The van der Waals surface area contributed by atoms with E-state index in [1.165, 1.54) is 22.5 Å². The molecular weight excluding hydrogens is 360 g/mol. The molecule has 134 valence electrons. The summed E-state index contributed by atoms with van der Waals surface area (Å²) < 4.78 is 0. The number of nitrogens with zero attached hydrogens (tertiary/aromatic N) is 1. The number of carbonyl (C=O) groups excluding carboxylic acids is 1. The Hall–Kier alpha value is -2.11. The van der Waals surface area contributed by atoms with Gasteiger partial charge in [0.25, 0.3) is 5.91 Å². The molecule has 1 amide bonds. The van der Waals surface area contributed by atoms with Crippen molar-refractivity contribution in [3.8, 4) is 0 Å². The predicted octanol–water partition coefficient (Wildman–Crippen LogP) is 5.99. The number of aromatic nitrogens is 1. The van der Waals surface area contributed by atoms with E-state index in [4.69, 9.17) is 0 Å². The molecule has 3 aromatic rings. The predicted molar refractivity (Wildman–Crippen MR) is 111 cm³/mol. The average molecular weight is 383 g/mol. The largest absolute Gasteiger partial charge is 0.321 e. The molecule has 0 aliphatic heterocycles. The number of amides is 1. The van der Waals surface area contributed by atoms with E-state index in [2.05, 4.69) is 43.2 Å². The Labute approximate surface area is 162 Å². The van der Waals surface area contributed by atoms with Crippen molar-refractivity contribution in [1.29, 1.82) is 0 Å². The van der Waals surface area contributed by atoms with Gasteiger partial charge in [-0.25, -0.2) is 0 Å². The van der Waals surface area contributed by atoms with Crippen LogP contribution in [0, 0.1) is 0 Å². The number of rotatable bonds is 5. The average Bonchev–Trinajstić information content (AvgIpc) is 3.09. The minimum atomic E-state index is -0.0549. The molecule has 26 heavy (non-hydrogen) atoms. The highest BCUT2D eigenvalue weighted by Crippen LogP contribution is 2.31. The minimum absolute atomic E-state index is 0.0549. The van der Waals surface area contributed by atoms with Crippen LogP contribution in [0.15, 0.2) is 65.1 Å². The molecule has 5 heteroatoms. The third-order valence-corrected chi connectivity index (χ3v) is 6.16. The standard InChI is InChI=1S/C21H22N2OS2/c1-21(2,3)16-4-6-17(7-5-16)23-20(24)19-18(10-13-25-19)26-14-15-8-11-22-12-9-15/h4-13H,14H2,1-3H3,(H,23,24). The lowest BCUT2D eigenvalue weighted by Crippen LogP contribution is -2.13. The number of benzene rings is 1. The Morgan fingerprint density at radius 2 is 1.77 bits per heavy atom. The minimum Gasteiger partial charge on any atom is -0.321 e. The van der Waals surface area contributed by atoms with Crippen LogP contribution in [0.1, 0.15) is 41.6 Å². The smallest absolute Gasteiger partial charge is 0.266 e. The van der Waals surface area contributed by atoms with Gasteiger partial charge in [0, 0.05) is 28.7 Å². The number of anilines is 1. The van der Waals surface area contributed by atoms with Crippen LogP contribution in [0.25, 0.3) is 0 Å². The van der Waals surface area contributed by atoms with Crippen LogP contribution in [0.5, 0.6) is 0 Å². The fraction of sp³-hybridized carbons (Fsp3) is 0.238. The Balaban J connectivity index is 1.66. The zero-order valence-electron chi connectivity index (χ0n) is 15.2. The fourth-order valence-electron chi connectivity index (χ4n) is 2.46. The third kappa shape index (κ3) is 4.74. The number of nitrogens with one attached hydrogen (secondary N) is 1. The van der Waals surface area contributed by atoms with Crippen molar-refractivity contribution in [3.63, 3.8) is 0 Å². The van der Waals surface area contributed by atoms with Gasteiger partial charge in [0.15, 0.2) is 0 Å². The van der Waals surface area contributed by atoms with Crippen LogP contribution < -0.4 is 5.32 Å². The van der Waals surface area contributed by atoms with E-state index < -0.39 is 0 Å².